The number of aryl methyl sites for hydroxylation is 1. The summed E-state index contributed by atoms with van der Waals surface area (Å²) in [4.78, 5) is 25.1. The maximum Gasteiger partial charge on any atom is 0.471 e. The van der Waals surface area contributed by atoms with Gasteiger partial charge in [-0.05, 0) is 12.2 Å². The highest BCUT2D eigenvalue weighted by Crippen LogP contribution is 2.18. The number of H-pyrrole nitrogens is 1. The monoisotopic (exact) mass is 281 g/mol. The molecule has 18 heavy (non-hydrogen) atoms. The number of hydrogen-bond acceptors (Lipinski definition) is 3. The first-order valence-electron chi connectivity index (χ1n) is 4.74. The molecule has 0 spiro atoms. The number of aromatic amines is 1. The Balaban J connectivity index is 3.00. The summed E-state index contributed by atoms with van der Waals surface area (Å²) >= 11 is 4.77. The minimum absolute atomic E-state index is 0.0196. The standard InChI is InChI=1S/C9H10F3N3O2S/c1-14(7(17)9(10,11)12)3-5-4-15(2)8(18)13-6(5)16/h4H,3H2,1-2H3,(H,13,16,18). The van der Waals surface area contributed by atoms with Crippen molar-refractivity contribution in [2.45, 2.75) is 12.7 Å². The van der Waals surface area contributed by atoms with E-state index in [2.05, 4.69) is 4.98 Å². The third-order valence-corrected chi connectivity index (χ3v) is 2.57. The number of halogens is 3. The Morgan fingerprint density at radius 2 is 2.11 bits per heavy atom. The molecule has 100 valence electrons. The van der Waals surface area contributed by atoms with Gasteiger partial charge in [-0.2, -0.15) is 13.2 Å². The van der Waals surface area contributed by atoms with E-state index in [1.54, 1.807) is 0 Å². The van der Waals surface area contributed by atoms with Gasteiger partial charge in [0.15, 0.2) is 4.77 Å². The van der Waals surface area contributed by atoms with E-state index in [1.165, 1.54) is 17.8 Å². The summed E-state index contributed by atoms with van der Waals surface area (Å²) in [7, 11) is 2.50. The Labute approximate surface area is 105 Å². The minimum atomic E-state index is -4.96. The third-order valence-electron chi connectivity index (χ3n) is 2.18. The maximum atomic E-state index is 12.1. The van der Waals surface area contributed by atoms with E-state index in [-0.39, 0.29) is 10.3 Å². The smallest absolute Gasteiger partial charge is 0.333 e. The minimum Gasteiger partial charge on any atom is -0.333 e. The molecule has 1 rings (SSSR count). The number of rotatable bonds is 2. The Hall–Kier alpha value is -1.64. The van der Waals surface area contributed by atoms with Gasteiger partial charge in [0, 0.05) is 20.3 Å². The number of aromatic nitrogens is 2. The molecule has 0 aliphatic heterocycles. The molecule has 0 saturated carbocycles. The number of carbonyl (C=O) groups is 1. The van der Waals surface area contributed by atoms with E-state index in [0.717, 1.165) is 7.05 Å². The van der Waals surface area contributed by atoms with Crippen molar-refractivity contribution in [1.82, 2.24) is 14.5 Å². The number of nitrogens with zero attached hydrogens (tertiary/aromatic N) is 2. The SMILES string of the molecule is CN(Cc1cn(C)c(=S)[nH]c1=O)C(=O)C(F)(F)F. The highest BCUT2D eigenvalue weighted by molar-refractivity contribution is 7.71. The Morgan fingerprint density at radius 3 is 2.61 bits per heavy atom. The molecule has 0 aromatic carbocycles. The zero-order valence-electron chi connectivity index (χ0n) is 9.54. The van der Waals surface area contributed by atoms with Crippen molar-refractivity contribution in [1.29, 1.82) is 0 Å². The van der Waals surface area contributed by atoms with Crippen molar-refractivity contribution in [3.05, 3.63) is 26.9 Å². The molecule has 9 heteroatoms. The van der Waals surface area contributed by atoms with Crippen molar-refractivity contribution in [2.24, 2.45) is 7.05 Å². The summed E-state index contributed by atoms with van der Waals surface area (Å²) in [6.07, 6.45) is -3.66. The Morgan fingerprint density at radius 1 is 1.56 bits per heavy atom. The molecule has 5 nitrogen and oxygen atoms in total. The second-order valence-corrected chi connectivity index (χ2v) is 4.07. The van der Waals surface area contributed by atoms with Crippen molar-refractivity contribution < 1.29 is 18.0 Å². The van der Waals surface area contributed by atoms with Gasteiger partial charge in [-0.15, -0.1) is 0 Å². The molecule has 0 unspecified atom stereocenters. The number of amides is 1. The normalized spacial score (nSPS) is 11.4. The van der Waals surface area contributed by atoms with Gasteiger partial charge < -0.3 is 9.47 Å². The molecule has 0 radical (unpaired) electrons. The van der Waals surface area contributed by atoms with Crippen LogP contribution in [0.25, 0.3) is 0 Å². The van der Waals surface area contributed by atoms with Crippen LogP contribution in [0.1, 0.15) is 5.56 Å². The van der Waals surface area contributed by atoms with E-state index in [4.69, 9.17) is 12.2 Å². The fourth-order valence-corrected chi connectivity index (χ4v) is 1.42. The average Bonchev–Trinajstić information content (AvgIpc) is 2.23. The molecule has 1 N–H and O–H groups in total. The summed E-state index contributed by atoms with van der Waals surface area (Å²) in [6, 6.07) is 0. The molecule has 0 aliphatic carbocycles. The highest BCUT2D eigenvalue weighted by Gasteiger charge is 2.41. The molecule has 1 aromatic heterocycles. The molecular weight excluding hydrogens is 271 g/mol. The van der Waals surface area contributed by atoms with Crippen LogP contribution in [-0.2, 0) is 18.4 Å². The molecule has 0 atom stereocenters. The van der Waals surface area contributed by atoms with Crippen molar-refractivity contribution >= 4 is 18.1 Å². The van der Waals surface area contributed by atoms with Gasteiger partial charge in [-0.3, -0.25) is 14.6 Å². The van der Waals surface area contributed by atoms with Gasteiger partial charge in [-0.25, -0.2) is 0 Å². The molecular formula is C9H10F3N3O2S. The van der Waals surface area contributed by atoms with Crippen LogP contribution in [0.4, 0.5) is 13.2 Å². The predicted molar refractivity (Wildman–Crippen MR) is 59.4 cm³/mol. The van der Waals surface area contributed by atoms with Crippen LogP contribution >= 0.6 is 12.2 Å². The Kier molecular flexibility index (Phi) is 3.95. The van der Waals surface area contributed by atoms with Gasteiger partial charge in [-0.1, -0.05) is 0 Å². The fraction of sp³-hybridized carbons (Fsp3) is 0.444. The molecule has 0 fully saturated rings. The van der Waals surface area contributed by atoms with E-state index in [1.807, 2.05) is 0 Å². The summed E-state index contributed by atoms with van der Waals surface area (Å²) in [5.41, 5.74) is -0.592. The second kappa shape index (κ2) is 4.92. The van der Waals surface area contributed by atoms with Crippen molar-refractivity contribution in [3.63, 3.8) is 0 Å². The molecule has 0 bridgehead atoms. The summed E-state index contributed by atoms with van der Waals surface area (Å²) in [6.45, 7) is -0.447. The molecule has 1 heterocycles. The number of alkyl halides is 3. The molecule has 0 saturated heterocycles. The lowest BCUT2D eigenvalue weighted by Gasteiger charge is -2.18. The summed E-state index contributed by atoms with van der Waals surface area (Å²) in [5, 5.41) is 0. The van der Waals surface area contributed by atoms with Crippen LogP contribution < -0.4 is 5.56 Å². The van der Waals surface area contributed by atoms with Crippen LogP contribution in [0.3, 0.4) is 0 Å². The van der Waals surface area contributed by atoms with Crippen LogP contribution in [0.5, 0.6) is 0 Å². The van der Waals surface area contributed by atoms with E-state index in [9.17, 15) is 22.8 Å². The average molecular weight is 281 g/mol. The maximum absolute atomic E-state index is 12.1. The van der Waals surface area contributed by atoms with Gasteiger partial charge in [0.2, 0.25) is 0 Å². The lowest BCUT2D eigenvalue weighted by molar-refractivity contribution is -0.184. The first-order valence-corrected chi connectivity index (χ1v) is 5.15. The first-order chi connectivity index (χ1) is 8.12. The van der Waals surface area contributed by atoms with E-state index in [0.29, 0.717) is 4.90 Å². The topological polar surface area (TPSA) is 58.1 Å². The van der Waals surface area contributed by atoms with Crippen LogP contribution in [0.15, 0.2) is 11.0 Å². The van der Waals surface area contributed by atoms with Crippen LogP contribution in [-0.4, -0.2) is 33.6 Å². The molecule has 0 aliphatic rings. The Bertz CT molecular complexity index is 576. The van der Waals surface area contributed by atoms with Crippen LogP contribution in [0, 0.1) is 4.77 Å². The van der Waals surface area contributed by atoms with Crippen molar-refractivity contribution in [3.8, 4) is 0 Å². The zero-order chi connectivity index (χ0) is 14.1. The first kappa shape index (κ1) is 14.4. The number of hydrogen-bond donors (Lipinski definition) is 1. The molecule has 1 amide bonds. The zero-order valence-corrected chi connectivity index (χ0v) is 10.4. The lowest BCUT2D eigenvalue weighted by Crippen LogP contribution is -2.39. The quantitative estimate of drug-likeness (QED) is 0.822. The van der Waals surface area contributed by atoms with Gasteiger partial charge in [0.1, 0.15) is 0 Å². The fourth-order valence-electron chi connectivity index (χ4n) is 1.27. The molecule has 1 aromatic rings. The second-order valence-electron chi connectivity index (χ2n) is 3.68. The predicted octanol–water partition coefficient (Wildman–Crippen LogP) is 0.964. The largest absolute Gasteiger partial charge is 0.471 e. The lowest BCUT2D eigenvalue weighted by atomic mass is 10.3. The van der Waals surface area contributed by atoms with Crippen LogP contribution in [0.2, 0.25) is 0 Å². The number of carbonyl (C=O) groups excluding carboxylic acids is 1. The van der Waals surface area contributed by atoms with Gasteiger partial charge >= 0.3 is 12.1 Å². The van der Waals surface area contributed by atoms with Crippen molar-refractivity contribution in [2.75, 3.05) is 7.05 Å². The third kappa shape index (κ3) is 3.19. The summed E-state index contributed by atoms with van der Waals surface area (Å²) < 4.78 is 38.0. The highest BCUT2D eigenvalue weighted by atomic mass is 32.1. The van der Waals surface area contributed by atoms with E-state index < -0.39 is 24.2 Å². The van der Waals surface area contributed by atoms with Gasteiger partial charge in [0.05, 0.1) is 12.1 Å². The van der Waals surface area contributed by atoms with Gasteiger partial charge in [0.25, 0.3) is 5.56 Å². The summed E-state index contributed by atoms with van der Waals surface area (Å²) in [5.74, 6) is -2.01. The number of nitrogens with one attached hydrogen (secondary N) is 1. The van der Waals surface area contributed by atoms with E-state index >= 15 is 0 Å².